The number of anilines is 1. The summed E-state index contributed by atoms with van der Waals surface area (Å²) in [5, 5.41) is 3.27. The zero-order valence-corrected chi connectivity index (χ0v) is 14.1. The maximum atomic E-state index is 12.6. The third-order valence-corrected chi connectivity index (χ3v) is 5.87. The van der Waals surface area contributed by atoms with E-state index in [1.807, 2.05) is 29.3 Å². The smallest absolute Gasteiger partial charge is 0.317 e. The molecule has 1 aliphatic heterocycles. The Bertz CT molecular complexity index is 785. The van der Waals surface area contributed by atoms with Crippen molar-refractivity contribution in [3.63, 3.8) is 0 Å². The Labute approximate surface area is 147 Å². The van der Waals surface area contributed by atoms with Gasteiger partial charge < -0.3 is 15.1 Å². The van der Waals surface area contributed by atoms with Crippen LogP contribution in [0.25, 0.3) is 0 Å². The second kappa shape index (κ2) is 5.76. The maximum Gasteiger partial charge on any atom is 0.317 e. The molecule has 5 rings (SSSR count). The fourth-order valence-corrected chi connectivity index (χ4v) is 4.46. The number of hydrogen-bond acceptors (Lipinski definition) is 3. The van der Waals surface area contributed by atoms with E-state index in [1.54, 1.807) is 0 Å². The minimum atomic E-state index is 0.0950. The summed E-state index contributed by atoms with van der Waals surface area (Å²) in [7, 11) is 0. The summed E-state index contributed by atoms with van der Waals surface area (Å²) in [5.74, 6) is 2.14. The van der Waals surface area contributed by atoms with Gasteiger partial charge in [-0.1, -0.05) is 30.3 Å². The molecular formula is C20H22N4O. The van der Waals surface area contributed by atoms with Crippen LogP contribution in [0.5, 0.6) is 0 Å². The van der Waals surface area contributed by atoms with Gasteiger partial charge >= 0.3 is 6.03 Å². The molecular weight excluding hydrogens is 312 g/mol. The zero-order chi connectivity index (χ0) is 16.8. The van der Waals surface area contributed by atoms with Gasteiger partial charge in [-0.15, -0.1) is 0 Å². The molecule has 2 heterocycles. The van der Waals surface area contributed by atoms with Gasteiger partial charge in [0.2, 0.25) is 0 Å². The summed E-state index contributed by atoms with van der Waals surface area (Å²) in [6.45, 7) is 3.18. The van der Waals surface area contributed by atoms with Crippen molar-refractivity contribution in [1.29, 1.82) is 0 Å². The van der Waals surface area contributed by atoms with Crippen LogP contribution in [0.1, 0.15) is 17.0 Å². The largest absolute Gasteiger partial charge is 0.353 e. The predicted octanol–water partition coefficient (Wildman–Crippen LogP) is 2.25. The lowest BCUT2D eigenvalue weighted by Crippen LogP contribution is -2.52. The van der Waals surface area contributed by atoms with Crippen LogP contribution in [0.2, 0.25) is 0 Å². The van der Waals surface area contributed by atoms with Crippen molar-refractivity contribution < 1.29 is 4.79 Å². The Morgan fingerprint density at radius 1 is 1.04 bits per heavy atom. The molecule has 5 heteroatoms. The van der Waals surface area contributed by atoms with Crippen molar-refractivity contribution in [3.8, 4) is 0 Å². The van der Waals surface area contributed by atoms with Crippen molar-refractivity contribution in [2.45, 2.75) is 18.4 Å². The zero-order valence-electron chi connectivity index (χ0n) is 14.1. The number of amides is 2. The molecule has 0 unspecified atom stereocenters. The lowest BCUT2D eigenvalue weighted by Gasteiger charge is -2.35. The molecule has 3 atom stereocenters. The molecule has 25 heavy (non-hydrogen) atoms. The summed E-state index contributed by atoms with van der Waals surface area (Å²) < 4.78 is 0. The minimum absolute atomic E-state index is 0.0950. The summed E-state index contributed by atoms with van der Waals surface area (Å²) in [6, 6.07) is 15.0. The number of carbonyl (C=O) groups excluding carboxylic acids is 1. The van der Waals surface area contributed by atoms with Crippen LogP contribution in [0.15, 0.2) is 48.7 Å². The highest BCUT2D eigenvalue weighted by Crippen LogP contribution is 2.56. The SMILES string of the molecule is O=C(N[C@@H]1[C@@H]2Cc3ccccc3[C@@H]21)N1CCN(c2ccccn2)CC1. The molecule has 0 radical (unpaired) electrons. The van der Waals surface area contributed by atoms with Gasteiger partial charge in [-0.25, -0.2) is 9.78 Å². The summed E-state index contributed by atoms with van der Waals surface area (Å²) in [5.41, 5.74) is 2.91. The highest BCUT2D eigenvalue weighted by molar-refractivity contribution is 5.76. The Morgan fingerprint density at radius 2 is 1.84 bits per heavy atom. The van der Waals surface area contributed by atoms with Crippen LogP contribution in [-0.4, -0.2) is 48.1 Å². The summed E-state index contributed by atoms with van der Waals surface area (Å²) >= 11 is 0. The number of fused-ring (bicyclic) bond motifs is 3. The van der Waals surface area contributed by atoms with E-state index in [0.29, 0.717) is 17.9 Å². The predicted molar refractivity (Wildman–Crippen MR) is 96.7 cm³/mol. The number of aromatic nitrogens is 1. The number of pyridine rings is 1. The van der Waals surface area contributed by atoms with Gasteiger partial charge in [-0.2, -0.15) is 0 Å². The molecule has 1 aromatic carbocycles. The van der Waals surface area contributed by atoms with E-state index in [2.05, 4.69) is 39.5 Å². The molecule has 2 amide bonds. The average Bonchev–Trinajstić information content (AvgIpc) is 3.18. The number of piperazine rings is 1. The molecule has 1 saturated heterocycles. The Kier molecular flexibility index (Phi) is 3.40. The van der Waals surface area contributed by atoms with Gasteiger partial charge in [-0.3, -0.25) is 0 Å². The first kappa shape index (κ1) is 14.8. The van der Waals surface area contributed by atoms with E-state index < -0.39 is 0 Å². The quantitative estimate of drug-likeness (QED) is 0.916. The van der Waals surface area contributed by atoms with Crippen LogP contribution in [-0.2, 0) is 6.42 Å². The molecule has 2 aliphatic carbocycles. The second-order valence-corrected chi connectivity index (χ2v) is 7.23. The van der Waals surface area contributed by atoms with Crippen molar-refractivity contribution in [1.82, 2.24) is 15.2 Å². The molecule has 128 valence electrons. The third-order valence-electron chi connectivity index (χ3n) is 5.87. The van der Waals surface area contributed by atoms with Gasteiger partial charge in [0, 0.05) is 44.3 Å². The molecule has 2 fully saturated rings. The van der Waals surface area contributed by atoms with E-state index in [0.717, 1.165) is 38.4 Å². The average molecular weight is 334 g/mol. The fraction of sp³-hybridized carbons (Fsp3) is 0.400. The first-order valence-electron chi connectivity index (χ1n) is 9.10. The molecule has 1 N–H and O–H groups in total. The highest BCUT2D eigenvalue weighted by Gasteiger charge is 2.56. The maximum absolute atomic E-state index is 12.6. The standard InChI is InChI=1S/C20H22N4O/c25-20(22-19-16-13-14-5-1-2-6-15(14)18(16)19)24-11-9-23(10-12-24)17-7-3-4-8-21-17/h1-8,16,18-19H,9-13H2,(H,22,25)/t16-,18+,19-/m1/s1. The van der Waals surface area contributed by atoms with Crippen molar-refractivity contribution in [2.24, 2.45) is 5.92 Å². The van der Waals surface area contributed by atoms with Crippen LogP contribution < -0.4 is 10.2 Å². The van der Waals surface area contributed by atoms with Crippen molar-refractivity contribution in [2.75, 3.05) is 31.1 Å². The first-order chi connectivity index (χ1) is 12.3. The van der Waals surface area contributed by atoms with Crippen LogP contribution in [0.4, 0.5) is 10.6 Å². The summed E-state index contributed by atoms with van der Waals surface area (Å²) in [4.78, 5) is 21.2. The number of nitrogens with zero attached hydrogens (tertiary/aromatic N) is 3. The first-order valence-corrected chi connectivity index (χ1v) is 9.10. The third kappa shape index (κ3) is 2.54. The van der Waals surface area contributed by atoms with Crippen molar-refractivity contribution >= 4 is 11.8 Å². The molecule has 5 nitrogen and oxygen atoms in total. The minimum Gasteiger partial charge on any atom is -0.353 e. The van der Waals surface area contributed by atoms with Gasteiger partial charge in [-0.05, 0) is 35.6 Å². The lowest BCUT2D eigenvalue weighted by atomic mass is 10.1. The molecule has 1 saturated carbocycles. The van der Waals surface area contributed by atoms with E-state index in [4.69, 9.17) is 0 Å². The number of rotatable bonds is 2. The van der Waals surface area contributed by atoms with Gasteiger partial charge in [0.25, 0.3) is 0 Å². The Hall–Kier alpha value is -2.56. The fourth-order valence-electron chi connectivity index (χ4n) is 4.46. The summed E-state index contributed by atoms with van der Waals surface area (Å²) in [6.07, 6.45) is 2.93. The number of hydrogen-bond donors (Lipinski definition) is 1. The van der Waals surface area contributed by atoms with Crippen molar-refractivity contribution in [3.05, 3.63) is 59.8 Å². The number of carbonyl (C=O) groups is 1. The van der Waals surface area contributed by atoms with E-state index in [-0.39, 0.29) is 6.03 Å². The van der Waals surface area contributed by atoms with Gasteiger partial charge in [0.15, 0.2) is 0 Å². The number of benzene rings is 1. The van der Waals surface area contributed by atoms with Crippen LogP contribution >= 0.6 is 0 Å². The molecule has 0 spiro atoms. The van der Waals surface area contributed by atoms with Crippen LogP contribution in [0, 0.1) is 5.92 Å². The highest BCUT2D eigenvalue weighted by atomic mass is 16.2. The normalized spacial score (nSPS) is 26.8. The molecule has 2 aromatic rings. The van der Waals surface area contributed by atoms with Gasteiger partial charge in [0.1, 0.15) is 5.82 Å². The number of nitrogens with one attached hydrogen (secondary N) is 1. The molecule has 0 bridgehead atoms. The Morgan fingerprint density at radius 3 is 2.64 bits per heavy atom. The Balaban J connectivity index is 1.17. The monoisotopic (exact) mass is 334 g/mol. The van der Waals surface area contributed by atoms with Crippen LogP contribution in [0.3, 0.4) is 0 Å². The van der Waals surface area contributed by atoms with E-state index in [9.17, 15) is 4.79 Å². The number of urea groups is 1. The topological polar surface area (TPSA) is 48.5 Å². The van der Waals surface area contributed by atoms with Gasteiger partial charge in [0.05, 0.1) is 0 Å². The lowest BCUT2D eigenvalue weighted by molar-refractivity contribution is 0.193. The van der Waals surface area contributed by atoms with E-state index in [1.165, 1.54) is 11.1 Å². The molecule has 1 aromatic heterocycles. The van der Waals surface area contributed by atoms with E-state index >= 15 is 0 Å². The second-order valence-electron chi connectivity index (χ2n) is 7.23. The molecule has 3 aliphatic rings.